The molecule has 0 saturated carbocycles. The highest BCUT2D eigenvalue weighted by molar-refractivity contribution is 7.84. The molecule has 31 heavy (non-hydrogen) atoms. The number of hydrogen-bond donors (Lipinski definition) is 2. The van der Waals surface area contributed by atoms with Crippen LogP contribution in [0.4, 0.5) is 5.69 Å². The molecule has 152 valence electrons. The Morgan fingerprint density at radius 1 is 0.710 bits per heavy atom. The number of phenols is 2. The summed E-state index contributed by atoms with van der Waals surface area (Å²) in [6.07, 6.45) is 0. The molecule has 0 radical (unpaired) electrons. The third-order valence-electron chi connectivity index (χ3n) is 5.16. The number of fused-ring (bicyclic) bond motifs is 3. The zero-order valence-electron chi connectivity index (χ0n) is 16.3. The summed E-state index contributed by atoms with van der Waals surface area (Å²) in [6, 6.07) is 27.8. The Morgan fingerprint density at radius 3 is 2.10 bits per heavy atom. The predicted molar refractivity (Wildman–Crippen MR) is 122 cm³/mol. The molecule has 6 heteroatoms. The van der Waals surface area contributed by atoms with E-state index in [0.717, 1.165) is 11.1 Å². The smallest absolute Gasteiger partial charge is 0.326 e. The number of nitrogens with zero attached hydrogens (tertiary/aromatic N) is 1. The van der Waals surface area contributed by atoms with Crippen molar-refractivity contribution in [2.24, 2.45) is 4.99 Å². The van der Waals surface area contributed by atoms with Crippen molar-refractivity contribution in [3.05, 3.63) is 103 Å². The Labute approximate surface area is 179 Å². The summed E-state index contributed by atoms with van der Waals surface area (Å²) in [5.41, 5.74) is 2.20. The summed E-state index contributed by atoms with van der Waals surface area (Å²) >= 11 is 0. The number of aromatic hydroxyl groups is 2. The second-order valence-electron chi connectivity index (χ2n) is 7.10. The third-order valence-corrected chi connectivity index (χ3v) is 7.53. The van der Waals surface area contributed by atoms with Crippen molar-refractivity contribution in [2.75, 3.05) is 0 Å². The number of para-hydroxylation sites is 4. The first-order valence-electron chi connectivity index (χ1n) is 9.72. The molecule has 1 atom stereocenters. The molecule has 5 nitrogen and oxygen atoms in total. The topological polar surface area (TPSA) is 79.1 Å². The number of hydrogen-bond acceptors (Lipinski definition) is 5. The van der Waals surface area contributed by atoms with Gasteiger partial charge in [-0.3, -0.25) is 4.57 Å². The van der Waals surface area contributed by atoms with Gasteiger partial charge in [0.05, 0.1) is 5.30 Å². The average Bonchev–Trinajstić information content (AvgIpc) is 2.79. The van der Waals surface area contributed by atoms with Gasteiger partial charge in [0.25, 0.3) is 0 Å². The van der Waals surface area contributed by atoms with Crippen LogP contribution < -0.4 is 9.83 Å². The first-order chi connectivity index (χ1) is 15.1. The summed E-state index contributed by atoms with van der Waals surface area (Å²) in [5.74, 6) is 0.337. The first-order valence-corrected chi connectivity index (χ1v) is 11.3. The van der Waals surface area contributed by atoms with E-state index in [1.165, 1.54) is 12.1 Å². The molecule has 0 bridgehead atoms. The number of rotatable bonds is 3. The molecular formula is C25H18NO4P. The molecule has 0 aliphatic carbocycles. The lowest BCUT2D eigenvalue weighted by atomic mass is 10.0. The van der Waals surface area contributed by atoms with E-state index in [-0.39, 0.29) is 28.2 Å². The molecule has 1 aliphatic heterocycles. The lowest BCUT2D eigenvalue weighted by molar-refractivity contribution is 0.473. The minimum Gasteiger partial charge on any atom is -0.507 e. The largest absolute Gasteiger partial charge is 0.507 e. The molecule has 1 aliphatic rings. The standard InChI is InChI=1S/C25H18NO4P/c27-21-13-5-1-11-19(21)25(26-20-12-4-6-14-22(20)28)31(29)24-16-8-3-10-18(24)17-9-2-7-15-23(17)30-31/h1-16,27-28H. The molecule has 0 aromatic heterocycles. The molecular weight excluding hydrogens is 409 g/mol. The lowest BCUT2D eigenvalue weighted by Crippen LogP contribution is -2.23. The second-order valence-corrected chi connectivity index (χ2v) is 9.29. The van der Waals surface area contributed by atoms with Crippen LogP contribution in [0.25, 0.3) is 11.1 Å². The quantitative estimate of drug-likeness (QED) is 0.318. The van der Waals surface area contributed by atoms with Gasteiger partial charge in [0.1, 0.15) is 22.9 Å². The summed E-state index contributed by atoms with van der Waals surface area (Å²) in [5, 5.41) is 21.4. The van der Waals surface area contributed by atoms with Gasteiger partial charge in [0, 0.05) is 11.1 Å². The van der Waals surface area contributed by atoms with Gasteiger partial charge >= 0.3 is 7.37 Å². The van der Waals surface area contributed by atoms with Gasteiger partial charge in [-0.05, 0) is 42.0 Å². The second kappa shape index (κ2) is 7.46. The van der Waals surface area contributed by atoms with Crippen LogP contribution in [0.2, 0.25) is 0 Å². The Morgan fingerprint density at radius 2 is 1.32 bits per heavy atom. The molecule has 0 fully saturated rings. The van der Waals surface area contributed by atoms with Crippen molar-refractivity contribution in [1.29, 1.82) is 0 Å². The van der Waals surface area contributed by atoms with E-state index < -0.39 is 7.37 Å². The fourth-order valence-electron chi connectivity index (χ4n) is 3.69. The molecule has 1 heterocycles. The van der Waals surface area contributed by atoms with E-state index in [9.17, 15) is 14.8 Å². The van der Waals surface area contributed by atoms with Gasteiger partial charge in [-0.2, -0.15) is 0 Å². The Balaban J connectivity index is 1.83. The van der Waals surface area contributed by atoms with Crippen LogP contribution in [-0.2, 0) is 4.57 Å². The highest BCUT2D eigenvalue weighted by Crippen LogP contribution is 2.58. The van der Waals surface area contributed by atoms with Crippen molar-refractivity contribution >= 4 is 23.8 Å². The Kier molecular flexibility index (Phi) is 4.61. The fourth-order valence-corrected chi connectivity index (χ4v) is 6.08. The van der Waals surface area contributed by atoms with Gasteiger partial charge < -0.3 is 14.7 Å². The summed E-state index contributed by atoms with van der Waals surface area (Å²) < 4.78 is 20.8. The highest BCUT2D eigenvalue weighted by atomic mass is 31.2. The van der Waals surface area contributed by atoms with Gasteiger partial charge in [-0.1, -0.05) is 60.7 Å². The molecule has 0 amide bonds. The normalized spacial score (nSPS) is 17.4. The summed E-state index contributed by atoms with van der Waals surface area (Å²) in [7, 11) is -3.80. The van der Waals surface area contributed by atoms with Crippen molar-refractivity contribution in [3.63, 3.8) is 0 Å². The van der Waals surface area contributed by atoms with Crippen molar-refractivity contribution < 1.29 is 19.3 Å². The van der Waals surface area contributed by atoms with Gasteiger partial charge in [-0.15, -0.1) is 0 Å². The molecule has 4 aromatic carbocycles. The van der Waals surface area contributed by atoms with Crippen LogP contribution in [0.5, 0.6) is 17.2 Å². The first kappa shape index (κ1) is 19.2. The van der Waals surface area contributed by atoms with Gasteiger partial charge in [-0.25, -0.2) is 4.99 Å². The van der Waals surface area contributed by atoms with Gasteiger partial charge in [0.2, 0.25) is 0 Å². The maximum Gasteiger partial charge on any atom is 0.326 e. The van der Waals surface area contributed by atoms with Crippen LogP contribution in [0.15, 0.2) is 102 Å². The van der Waals surface area contributed by atoms with Crippen LogP contribution in [0, 0.1) is 0 Å². The SMILES string of the molecule is O=P1(C(=Nc2ccccc2O)c2ccccc2O)Oc2ccccc2-c2ccccc21. The van der Waals surface area contributed by atoms with Crippen LogP contribution >= 0.6 is 7.37 Å². The molecule has 0 spiro atoms. The highest BCUT2D eigenvalue weighted by Gasteiger charge is 2.42. The van der Waals surface area contributed by atoms with Crippen LogP contribution in [0.3, 0.4) is 0 Å². The number of benzene rings is 4. The minimum absolute atomic E-state index is 0.0623. The van der Waals surface area contributed by atoms with Crippen molar-refractivity contribution in [3.8, 4) is 28.4 Å². The third kappa shape index (κ3) is 3.20. The minimum atomic E-state index is -3.80. The van der Waals surface area contributed by atoms with Crippen LogP contribution in [-0.4, -0.2) is 15.7 Å². The maximum atomic E-state index is 14.6. The maximum absolute atomic E-state index is 14.6. The predicted octanol–water partition coefficient (Wildman–Crippen LogP) is 5.84. The number of aliphatic imine (C=N–C) groups is 1. The zero-order valence-corrected chi connectivity index (χ0v) is 17.2. The van der Waals surface area contributed by atoms with Crippen molar-refractivity contribution in [2.45, 2.75) is 0 Å². The monoisotopic (exact) mass is 427 g/mol. The Hall–Kier alpha value is -3.82. The van der Waals surface area contributed by atoms with Gasteiger partial charge in [0.15, 0.2) is 5.45 Å². The van der Waals surface area contributed by atoms with E-state index in [1.54, 1.807) is 54.6 Å². The van der Waals surface area contributed by atoms with E-state index in [1.807, 2.05) is 30.3 Å². The van der Waals surface area contributed by atoms with Crippen LogP contribution in [0.1, 0.15) is 5.56 Å². The lowest BCUT2D eigenvalue weighted by Gasteiger charge is -2.29. The zero-order chi connectivity index (χ0) is 21.4. The van der Waals surface area contributed by atoms with E-state index in [0.29, 0.717) is 11.1 Å². The molecule has 4 aromatic rings. The Bertz CT molecular complexity index is 1380. The molecule has 2 N–H and O–H groups in total. The summed E-state index contributed by atoms with van der Waals surface area (Å²) in [6.45, 7) is 0. The molecule has 5 rings (SSSR count). The van der Waals surface area contributed by atoms with E-state index >= 15 is 0 Å². The molecule has 0 saturated heterocycles. The fraction of sp³-hybridized carbons (Fsp3) is 0. The van der Waals surface area contributed by atoms with Crippen molar-refractivity contribution in [1.82, 2.24) is 0 Å². The summed E-state index contributed by atoms with van der Waals surface area (Å²) in [4.78, 5) is 4.57. The molecule has 1 unspecified atom stereocenters. The van der Waals surface area contributed by atoms with E-state index in [4.69, 9.17) is 4.52 Å². The number of phenolic OH excluding ortho intramolecular Hbond substituents is 2. The average molecular weight is 427 g/mol. The van der Waals surface area contributed by atoms with E-state index in [2.05, 4.69) is 4.99 Å².